The number of aliphatic hydroxyl groups excluding tert-OH is 1. The van der Waals surface area contributed by atoms with Gasteiger partial charge in [0.1, 0.15) is 0 Å². The van der Waals surface area contributed by atoms with Crippen LogP contribution < -0.4 is 11.1 Å². The maximum atomic E-state index is 9.28. The van der Waals surface area contributed by atoms with Crippen LogP contribution in [0.3, 0.4) is 0 Å². The summed E-state index contributed by atoms with van der Waals surface area (Å²) in [6.45, 7) is 3.62. The molecule has 0 amide bonds. The zero-order valence-corrected chi connectivity index (χ0v) is 5.67. The fourth-order valence-electron chi connectivity index (χ4n) is 1.14. The van der Waals surface area contributed by atoms with Gasteiger partial charge in [-0.05, 0) is 5.92 Å². The van der Waals surface area contributed by atoms with E-state index in [-0.39, 0.29) is 12.1 Å². The Balaban J connectivity index is 2.41. The number of nitrogens with two attached hydrogens (primary N) is 1. The minimum atomic E-state index is -0.314. The molecule has 0 aromatic heterocycles. The molecule has 1 heterocycles. The summed E-state index contributed by atoms with van der Waals surface area (Å²) in [7, 11) is 0. The molecule has 0 bridgehead atoms. The molecule has 3 atom stereocenters. The first-order valence-corrected chi connectivity index (χ1v) is 3.36. The van der Waals surface area contributed by atoms with E-state index in [0.29, 0.717) is 5.92 Å². The standard InChI is InChI=1S/C6H14N2O/c1-4-2-8-3-5(7)6(4)9/h4-6,8-9H,2-3,7H2,1H3/t4-,5+,6+/m1/s1. The summed E-state index contributed by atoms with van der Waals surface area (Å²) in [5.74, 6) is 0.300. The third-order valence-corrected chi connectivity index (χ3v) is 1.87. The molecule has 1 rings (SSSR count). The molecule has 0 unspecified atom stereocenters. The predicted octanol–water partition coefficient (Wildman–Crippen LogP) is -1.09. The summed E-state index contributed by atoms with van der Waals surface area (Å²) in [6.07, 6.45) is -0.314. The van der Waals surface area contributed by atoms with E-state index >= 15 is 0 Å². The molecule has 9 heavy (non-hydrogen) atoms. The van der Waals surface area contributed by atoms with Crippen LogP contribution >= 0.6 is 0 Å². The zero-order chi connectivity index (χ0) is 6.85. The van der Waals surface area contributed by atoms with E-state index in [1.165, 1.54) is 0 Å². The SMILES string of the molecule is C[C@@H]1CNC[C@H](N)[C@H]1O. The molecule has 1 aliphatic heterocycles. The highest BCUT2D eigenvalue weighted by atomic mass is 16.3. The molecule has 0 aromatic carbocycles. The van der Waals surface area contributed by atoms with Gasteiger partial charge in [0.05, 0.1) is 6.10 Å². The number of aliphatic hydroxyl groups is 1. The third kappa shape index (κ3) is 1.41. The van der Waals surface area contributed by atoms with E-state index in [1.807, 2.05) is 6.92 Å². The van der Waals surface area contributed by atoms with Gasteiger partial charge in [-0.2, -0.15) is 0 Å². The van der Waals surface area contributed by atoms with Crippen LogP contribution in [0.25, 0.3) is 0 Å². The minimum absolute atomic E-state index is 0.0752. The van der Waals surface area contributed by atoms with Crippen LogP contribution in [-0.2, 0) is 0 Å². The molecule has 1 saturated heterocycles. The molecule has 0 spiro atoms. The molecule has 4 N–H and O–H groups in total. The molecule has 1 fully saturated rings. The number of hydrogen-bond acceptors (Lipinski definition) is 3. The van der Waals surface area contributed by atoms with Gasteiger partial charge in [0.25, 0.3) is 0 Å². The fraction of sp³-hybridized carbons (Fsp3) is 1.00. The maximum Gasteiger partial charge on any atom is 0.0741 e. The van der Waals surface area contributed by atoms with Crippen molar-refractivity contribution in [3.05, 3.63) is 0 Å². The van der Waals surface area contributed by atoms with Crippen LogP contribution in [0.1, 0.15) is 6.92 Å². The summed E-state index contributed by atoms with van der Waals surface area (Å²) < 4.78 is 0. The van der Waals surface area contributed by atoms with Crippen molar-refractivity contribution >= 4 is 0 Å². The summed E-state index contributed by atoms with van der Waals surface area (Å²) in [4.78, 5) is 0. The monoisotopic (exact) mass is 130 g/mol. The Kier molecular flexibility index (Phi) is 2.05. The topological polar surface area (TPSA) is 58.3 Å². The Morgan fingerprint density at radius 3 is 2.67 bits per heavy atom. The Labute approximate surface area is 55.2 Å². The van der Waals surface area contributed by atoms with Crippen LogP contribution in [0.2, 0.25) is 0 Å². The molecule has 3 heteroatoms. The lowest BCUT2D eigenvalue weighted by Crippen LogP contribution is -2.53. The Hall–Kier alpha value is -0.120. The van der Waals surface area contributed by atoms with Crippen molar-refractivity contribution in [2.24, 2.45) is 11.7 Å². The summed E-state index contributed by atoms with van der Waals surface area (Å²) in [5.41, 5.74) is 5.56. The first kappa shape index (κ1) is 6.99. The number of rotatable bonds is 0. The molecule has 0 radical (unpaired) electrons. The van der Waals surface area contributed by atoms with Gasteiger partial charge in [0.15, 0.2) is 0 Å². The van der Waals surface area contributed by atoms with Crippen molar-refractivity contribution in [3.63, 3.8) is 0 Å². The lowest BCUT2D eigenvalue weighted by atomic mass is 9.95. The fourth-order valence-corrected chi connectivity index (χ4v) is 1.14. The predicted molar refractivity (Wildman–Crippen MR) is 36.0 cm³/mol. The smallest absolute Gasteiger partial charge is 0.0741 e. The normalized spacial score (nSPS) is 45.0. The molecular formula is C6H14N2O. The van der Waals surface area contributed by atoms with Crippen molar-refractivity contribution in [1.29, 1.82) is 0 Å². The van der Waals surface area contributed by atoms with Gasteiger partial charge in [-0.3, -0.25) is 0 Å². The van der Waals surface area contributed by atoms with Crippen LogP contribution in [0.4, 0.5) is 0 Å². The number of nitrogens with one attached hydrogen (secondary N) is 1. The largest absolute Gasteiger partial charge is 0.391 e. The average molecular weight is 130 g/mol. The first-order chi connectivity index (χ1) is 4.22. The van der Waals surface area contributed by atoms with E-state index in [1.54, 1.807) is 0 Å². The van der Waals surface area contributed by atoms with Crippen molar-refractivity contribution in [2.45, 2.75) is 19.1 Å². The van der Waals surface area contributed by atoms with Crippen molar-refractivity contribution in [1.82, 2.24) is 5.32 Å². The van der Waals surface area contributed by atoms with E-state index < -0.39 is 0 Å². The van der Waals surface area contributed by atoms with Gasteiger partial charge in [0, 0.05) is 19.1 Å². The quantitative estimate of drug-likeness (QED) is 0.390. The van der Waals surface area contributed by atoms with E-state index in [2.05, 4.69) is 5.32 Å². The van der Waals surface area contributed by atoms with Gasteiger partial charge in [0.2, 0.25) is 0 Å². The Morgan fingerprint density at radius 1 is 1.56 bits per heavy atom. The Bertz CT molecular complexity index is 87.1. The minimum Gasteiger partial charge on any atom is -0.391 e. The second-order valence-corrected chi connectivity index (χ2v) is 2.79. The molecule has 0 saturated carbocycles. The van der Waals surface area contributed by atoms with Crippen molar-refractivity contribution in [2.75, 3.05) is 13.1 Å². The molecule has 1 aliphatic rings. The molecule has 3 nitrogen and oxygen atoms in total. The summed E-state index contributed by atoms with van der Waals surface area (Å²) in [6, 6.07) is -0.0752. The van der Waals surface area contributed by atoms with Gasteiger partial charge in [-0.15, -0.1) is 0 Å². The van der Waals surface area contributed by atoms with Gasteiger partial charge in [-0.1, -0.05) is 6.92 Å². The molecule has 0 aliphatic carbocycles. The molecule has 0 aromatic rings. The summed E-state index contributed by atoms with van der Waals surface area (Å²) in [5, 5.41) is 12.4. The van der Waals surface area contributed by atoms with Crippen LogP contribution in [-0.4, -0.2) is 30.3 Å². The second kappa shape index (κ2) is 2.64. The highest BCUT2D eigenvalue weighted by Crippen LogP contribution is 2.08. The van der Waals surface area contributed by atoms with E-state index in [0.717, 1.165) is 13.1 Å². The maximum absolute atomic E-state index is 9.28. The van der Waals surface area contributed by atoms with Crippen molar-refractivity contribution < 1.29 is 5.11 Å². The van der Waals surface area contributed by atoms with E-state index in [4.69, 9.17) is 5.73 Å². The van der Waals surface area contributed by atoms with Crippen LogP contribution in [0.15, 0.2) is 0 Å². The molecule has 54 valence electrons. The summed E-state index contributed by atoms with van der Waals surface area (Å²) >= 11 is 0. The number of piperidine rings is 1. The lowest BCUT2D eigenvalue weighted by Gasteiger charge is -2.30. The van der Waals surface area contributed by atoms with Gasteiger partial charge in [-0.25, -0.2) is 0 Å². The second-order valence-electron chi connectivity index (χ2n) is 2.79. The molecular weight excluding hydrogens is 116 g/mol. The van der Waals surface area contributed by atoms with Gasteiger partial charge < -0.3 is 16.2 Å². The first-order valence-electron chi connectivity index (χ1n) is 3.36. The average Bonchev–Trinajstić information content (AvgIpc) is 1.83. The zero-order valence-electron chi connectivity index (χ0n) is 5.67. The van der Waals surface area contributed by atoms with Crippen LogP contribution in [0.5, 0.6) is 0 Å². The lowest BCUT2D eigenvalue weighted by molar-refractivity contribution is 0.0694. The van der Waals surface area contributed by atoms with E-state index in [9.17, 15) is 5.11 Å². The van der Waals surface area contributed by atoms with Gasteiger partial charge >= 0.3 is 0 Å². The van der Waals surface area contributed by atoms with Crippen LogP contribution in [0, 0.1) is 5.92 Å². The van der Waals surface area contributed by atoms with Crippen molar-refractivity contribution in [3.8, 4) is 0 Å². The Morgan fingerprint density at radius 2 is 2.22 bits per heavy atom. The highest BCUT2D eigenvalue weighted by Gasteiger charge is 2.25. The third-order valence-electron chi connectivity index (χ3n) is 1.87. The highest BCUT2D eigenvalue weighted by molar-refractivity contribution is 4.84. The number of hydrogen-bond donors (Lipinski definition) is 3.